The first kappa shape index (κ1) is 14.3. The molecular formula is C14H28N2O. The zero-order valence-corrected chi connectivity index (χ0v) is 12.1. The lowest BCUT2D eigenvalue weighted by Gasteiger charge is -2.27. The Morgan fingerprint density at radius 2 is 1.88 bits per heavy atom. The van der Waals surface area contributed by atoms with Gasteiger partial charge in [0.2, 0.25) is 0 Å². The third kappa shape index (κ3) is 4.21. The highest BCUT2D eigenvalue weighted by atomic mass is 16.2. The van der Waals surface area contributed by atoms with Crippen LogP contribution >= 0.6 is 0 Å². The molecule has 0 aromatic carbocycles. The zero-order valence-electron chi connectivity index (χ0n) is 12.1. The van der Waals surface area contributed by atoms with E-state index in [2.05, 4.69) is 20.8 Å². The molecule has 0 bridgehead atoms. The van der Waals surface area contributed by atoms with Crippen molar-refractivity contribution in [3.05, 3.63) is 0 Å². The Morgan fingerprint density at radius 3 is 2.35 bits per heavy atom. The first-order valence-electron chi connectivity index (χ1n) is 6.91. The smallest absolute Gasteiger partial charge is 0.319 e. The maximum Gasteiger partial charge on any atom is 0.319 e. The maximum atomic E-state index is 12.2. The van der Waals surface area contributed by atoms with Crippen LogP contribution < -0.4 is 0 Å². The van der Waals surface area contributed by atoms with E-state index in [1.54, 1.807) is 0 Å². The summed E-state index contributed by atoms with van der Waals surface area (Å²) < 4.78 is 0. The minimum Gasteiger partial charge on any atom is -0.325 e. The molecule has 1 atom stereocenters. The van der Waals surface area contributed by atoms with E-state index < -0.39 is 0 Å². The highest BCUT2D eigenvalue weighted by Crippen LogP contribution is 2.30. The van der Waals surface area contributed by atoms with E-state index >= 15 is 0 Å². The zero-order chi connectivity index (χ0) is 13.1. The minimum absolute atomic E-state index is 0.228. The highest BCUT2D eigenvalue weighted by Gasteiger charge is 2.30. The van der Waals surface area contributed by atoms with Crippen LogP contribution in [0.25, 0.3) is 0 Å². The lowest BCUT2D eigenvalue weighted by Crippen LogP contribution is -2.42. The third-order valence-corrected chi connectivity index (χ3v) is 3.49. The number of hydrogen-bond donors (Lipinski definition) is 0. The average molecular weight is 240 g/mol. The summed E-state index contributed by atoms with van der Waals surface area (Å²) in [5.74, 6) is 0.689. The molecule has 1 saturated heterocycles. The Balaban J connectivity index is 2.47. The Hall–Kier alpha value is -0.730. The first-order valence-corrected chi connectivity index (χ1v) is 6.91. The average Bonchev–Trinajstić information content (AvgIpc) is 2.65. The minimum atomic E-state index is 0.228. The van der Waals surface area contributed by atoms with Gasteiger partial charge in [-0.25, -0.2) is 4.79 Å². The van der Waals surface area contributed by atoms with Crippen molar-refractivity contribution < 1.29 is 4.79 Å². The normalized spacial score (nSPS) is 20.8. The lowest BCUT2D eigenvalue weighted by molar-refractivity contribution is 0.164. The van der Waals surface area contributed by atoms with Crippen molar-refractivity contribution in [3.63, 3.8) is 0 Å². The van der Waals surface area contributed by atoms with Crippen LogP contribution in [-0.4, -0.2) is 42.0 Å². The molecule has 1 aliphatic rings. The number of rotatable bonds is 3. The largest absolute Gasteiger partial charge is 0.325 e. The van der Waals surface area contributed by atoms with E-state index in [9.17, 15) is 4.79 Å². The van der Waals surface area contributed by atoms with E-state index in [4.69, 9.17) is 0 Å². The van der Waals surface area contributed by atoms with Crippen LogP contribution in [0.5, 0.6) is 0 Å². The van der Waals surface area contributed by atoms with E-state index in [-0.39, 0.29) is 6.03 Å². The van der Waals surface area contributed by atoms with Gasteiger partial charge in [0.1, 0.15) is 0 Å². The fraction of sp³-hybridized carbons (Fsp3) is 0.929. The first-order chi connectivity index (χ1) is 7.87. The number of amides is 2. The molecule has 0 radical (unpaired) electrons. The summed E-state index contributed by atoms with van der Waals surface area (Å²) in [5, 5.41) is 0. The summed E-state index contributed by atoms with van der Waals surface area (Å²) in [6.45, 7) is 14.5. The van der Waals surface area contributed by atoms with Crippen molar-refractivity contribution in [2.45, 2.75) is 47.5 Å². The van der Waals surface area contributed by atoms with Crippen molar-refractivity contribution >= 4 is 6.03 Å². The van der Waals surface area contributed by atoms with Crippen LogP contribution in [0, 0.1) is 11.3 Å². The number of nitrogens with zero attached hydrogens (tertiary/aromatic N) is 2. The quantitative estimate of drug-likeness (QED) is 0.743. The number of carbonyl (C=O) groups is 1. The van der Waals surface area contributed by atoms with Crippen LogP contribution in [0.1, 0.15) is 47.5 Å². The summed E-state index contributed by atoms with van der Waals surface area (Å²) in [5.41, 5.74) is 0.374. The van der Waals surface area contributed by atoms with Gasteiger partial charge in [-0.3, -0.25) is 0 Å². The van der Waals surface area contributed by atoms with Gasteiger partial charge in [-0.1, -0.05) is 20.8 Å². The van der Waals surface area contributed by atoms with Gasteiger partial charge in [-0.15, -0.1) is 0 Å². The molecule has 0 aliphatic carbocycles. The van der Waals surface area contributed by atoms with Gasteiger partial charge in [-0.05, 0) is 38.0 Å². The molecule has 0 aromatic rings. The van der Waals surface area contributed by atoms with Gasteiger partial charge in [0.15, 0.2) is 0 Å². The second-order valence-corrected chi connectivity index (χ2v) is 6.32. The van der Waals surface area contributed by atoms with Crippen LogP contribution in [0.2, 0.25) is 0 Å². The van der Waals surface area contributed by atoms with E-state index in [1.165, 1.54) is 12.8 Å². The predicted octanol–water partition coefficient (Wildman–Crippen LogP) is 3.21. The molecule has 1 unspecified atom stereocenters. The molecule has 17 heavy (non-hydrogen) atoms. The molecule has 1 rings (SSSR count). The fourth-order valence-electron chi connectivity index (χ4n) is 2.73. The second kappa shape index (κ2) is 5.74. The number of hydrogen-bond acceptors (Lipinski definition) is 1. The number of likely N-dealkylation sites (tertiary alicyclic amines) is 1. The summed E-state index contributed by atoms with van der Waals surface area (Å²) in [7, 11) is 0. The molecule has 1 heterocycles. The number of carbonyl (C=O) groups excluding carboxylic acids is 1. The van der Waals surface area contributed by atoms with Gasteiger partial charge in [0, 0.05) is 26.2 Å². The lowest BCUT2D eigenvalue weighted by atomic mass is 9.84. The predicted molar refractivity (Wildman–Crippen MR) is 72.1 cm³/mol. The SMILES string of the molecule is CCN(CC)C(=O)N1CCC(CC(C)(C)C)C1. The summed E-state index contributed by atoms with van der Waals surface area (Å²) in [6, 6.07) is 0.228. The van der Waals surface area contributed by atoms with Crippen molar-refractivity contribution in [1.82, 2.24) is 9.80 Å². The van der Waals surface area contributed by atoms with Crippen LogP contribution in [0.3, 0.4) is 0 Å². The second-order valence-electron chi connectivity index (χ2n) is 6.32. The molecule has 3 nitrogen and oxygen atoms in total. The Labute approximate surface area is 106 Å². The van der Waals surface area contributed by atoms with Gasteiger partial charge in [0.05, 0.1) is 0 Å². The van der Waals surface area contributed by atoms with E-state index in [0.717, 1.165) is 26.2 Å². The molecule has 1 aliphatic heterocycles. The van der Waals surface area contributed by atoms with Crippen LogP contribution in [0.4, 0.5) is 4.79 Å². The van der Waals surface area contributed by atoms with Crippen molar-refractivity contribution in [2.75, 3.05) is 26.2 Å². The number of urea groups is 1. The van der Waals surface area contributed by atoms with Gasteiger partial charge >= 0.3 is 6.03 Å². The summed E-state index contributed by atoms with van der Waals surface area (Å²) in [4.78, 5) is 16.1. The van der Waals surface area contributed by atoms with E-state index in [0.29, 0.717) is 11.3 Å². The van der Waals surface area contributed by atoms with Gasteiger partial charge in [0.25, 0.3) is 0 Å². The van der Waals surface area contributed by atoms with Gasteiger partial charge < -0.3 is 9.80 Å². The molecule has 0 aromatic heterocycles. The Kier molecular flexibility index (Phi) is 4.84. The molecule has 3 heteroatoms. The summed E-state index contributed by atoms with van der Waals surface area (Å²) in [6.07, 6.45) is 2.39. The van der Waals surface area contributed by atoms with Crippen LogP contribution in [0.15, 0.2) is 0 Å². The van der Waals surface area contributed by atoms with E-state index in [1.807, 2.05) is 23.6 Å². The highest BCUT2D eigenvalue weighted by molar-refractivity contribution is 5.74. The Morgan fingerprint density at radius 1 is 1.29 bits per heavy atom. The van der Waals surface area contributed by atoms with Crippen LogP contribution in [-0.2, 0) is 0 Å². The third-order valence-electron chi connectivity index (χ3n) is 3.49. The van der Waals surface area contributed by atoms with Crippen molar-refractivity contribution in [1.29, 1.82) is 0 Å². The topological polar surface area (TPSA) is 23.6 Å². The molecule has 0 spiro atoms. The summed E-state index contributed by atoms with van der Waals surface area (Å²) >= 11 is 0. The monoisotopic (exact) mass is 240 g/mol. The standard InChI is InChI=1S/C14H28N2O/c1-6-15(7-2)13(17)16-9-8-12(11-16)10-14(3,4)5/h12H,6-11H2,1-5H3. The maximum absolute atomic E-state index is 12.2. The molecule has 100 valence electrons. The molecular weight excluding hydrogens is 212 g/mol. The molecule has 2 amide bonds. The molecule has 0 N–H and O–H groups in total. The fourth-order valence-corrected chi connectivity index (χ4v) is 2.73. The molecule has 1 fully saturated rings. The molecule has 0 saturated carbocycles. The van der Waals surface area contributed by atoms with Gasteiger partial charge in [-0.2, -0.15) is 0 Å². The van der Waals surface area contributed by atoms with Crippen molar-refractivity contribution in [3.8, 4) is 0 Å². The van der Waals surface area contributed by atoms with Crippen molar-refractivity contribution in [2.24, 2.45) is 11.3 Å². The Bertz CT molecular complexity index is 253.